The number of aliphatic hydroxyl groups excluding tert-OH is 1. The molecule has 4 heteroatoms. The lowest BCUT2D eigenvalue weighted by Crippen LogP contribution is -2.26. The maximum absolute atomic E-state index is 10.3. The normalized spacial score (nSPS) is 14.7. The number of hydrogen-bond donors (Lipinski definition) is 2. The highest BCUT2D eigenvalue weighted by atomic mass is 16.5. The van der Waals surface area contributed by atoms with Gasteiger partial charge in [-0.15, -0.1) is 0 Å². The van der Waals surface area contributed by atoms with Gasteiger partial charge in [0.1, 0.15) is 17.3 Å². The molecule has 0 saturated heterocycles. The molecule has 0 bridgehead atoms. The average Bonchev–Trinajstić information content (AvgIpc) is 2.83. The molecule has 1 heterocycles. The van der Waals surface area contributed by atoms with Crippen LogP contribution in [0.25, 0.3) is 5.57 Å². The van der Waals surface area contributed by atoms with Crippen LogP contribution in [0, 0.1) is 5.41 Å². The van der Waals surface area contributed by atoms with Gasteiger partial charge in [-0.25, -0.2) is 0 Å². The monoisotopic (exact) mass is 280 g/mol. The highest BCUT2D eigenvalue weighted by Gasteiger charge is 2.30. The second-order valence-corrected chi connectivity index (χ2v) is 4.79. The second-order valence-electron chi connectivity index (χ2n) is 4.79. The van der Waals surface area contributed by atoms with Crippen molar-refractivity contribution in [1.29, 1.82) is 5.41 Å². The van der Waals surface area contributed by atoms with E-state index in [0.717, 1.165) is 11.3 Å². The number of benzene rings is 2. The molecule has 2 aromatic rings. The van der Waals surface area contributed by atoms with Gasteiger partial charge in [-0.05, 0) is 17.7 Å². The first kappa shape index (κ1) is 13.2. The van der Waals surface area contributed by atoms with Crippen LogP contribution < -0.4 is 9.64 Å². The van der Waals surface area contributed by atoms with Crippen molar-refractivity contribution in [2.45, 2.75) is 0 Å². The van der Waals surface area contributed by atoms with Crippen molar-refractivity contribution in [3.8, 4) is 5.75 Å². The van der Waals surface area contributed by atoms with E-state index in [2.05, 4.69) is 0 Å². The molecule has 21 heavy (non-hydrogen) atoms. The zero-order chi connectivity index (χ0) is 14.8. The molecular formula is C17H16N2O2. The fourth-order valence-electron chi connectivity index (χ4n) is 2.55. The Bertz CT molecular complexity index is 708. The molecule has 0 aromatic heterocycles. The second kappa shape index (κ2) is 5.32. The van der Waals surface area contributed by atoms with Gasteiger partial charge in [0.2, 0.25) is 0 Å². The Labute approximate surface area is 123 Å². The molecule has 0 spiro atoms. The Hall–Kier alpha value is -2.75. The van der Waals surface area contributed by atoms with Crippen LogP contribution in [0.2, 0.25) is 0 Å². The lowest BCUT2D eigenvalue weighted by molar-refractivity contribution is 0.407. The van der Waals surface area contributed by atoms with Crippen LogP contribution in [0.15, 0.2) is 60.4 Å². The van der Waals surface area contributed by atoms with Crippen molar-refractivity contribution in [2.24, 2.45) is 0 Å². The van der Waals surface area contributed by atoms with Crippen LogP contribution >= 0.6 is 0 Å². The molecule has 3 rings (SSSR count). The van der Waals surface area contributed by atoms with E-state index in [0.29, 0.717) is 11.3 Å². The minimum atomic E-state index is 0.206. The van der Waals surface area contributed by atoms with E-state index in [-0.39, 0.29) is 18.1 Å². The molecule has 106 valence electrons. The van der Waals surface area contributed by atoms with Crippen molar-refractivity contribution in [1.82, 2.24) is 0 Å². The summed E-state index contributed by atoms with van der Waals surface area (Å²) < 4.78 is 5.34. The fraction of sp³-hybridized carbons (Fsp3) is 0.118. The fourth-order valence-corrected chi connectivity index (χ4v) is 2.55. The van der Waals surface area contributed by atoms with Gasteiger partial charge < -0.3 is 14.7 Å². The van der Waals surface area contributed by atoms with Crippen LogP contribution in [0.3, 0.4) is 0 Å². The van der Waals surface area contributed by atoms with E-state index in [4.69, 9.17) is 10.1 Å². The van der Waals surface area contributed by atoms with Crippen LogP contribution in [0.1, 0.15) is 5.56 Å². The smallest absolute Gasteiger partial charge is 0.142 e. The van der Waals surface area contributed by atoms with Crippen molar-refractivity contribution in [3.05, 3.63) is 65.9 Å². The summed E-state index contributed by atoms with van der Waals surface area (Å²) in [6.45, 7) is 0.281. The number of aliphatic hydroxyl groups is 1. The van der Waals surface area contributed by atoms with E-state index in [1.807, 2.05) is 54.6 Å². The molecule has 0 radical (unpaired) electrons. The molecule has 0 amide bonds. The zero-order valence-electron chi connectivity index (χ0n) is 11.7. The Kier molecular flexibility index (Phi) is 3.36. The molecule has 0 unspecified atom stereocenters. The summed E-state index contributed by atoms with van der Waals surface area (Å²) in [6.07, 6.45) is 0. The maximum atomic E-state index is 10.3. The number of hydrogen-bond acceptors (Lipinski definition) is 3. The standard InChI is InChI=1S/C17H16N2O2/c1-21-15-10-6-5-9-13(15)19-11-14(20)16(17(19)18)12-7-3-2-4-8-12/h2-10,18,20H,11H2,1H3. The molecule has 0 fully saturated rings. The lowest BCUT2D eigenvalue weighted by Gasteiger charge is -2.21. The molecular weight excluding hydrogens is 264 g/mol. The van der Waals surface area contributed by atoms with E-state index in [9.17, 15) is 5.11 Å². The number of methoxy groups -OCH3 is 1. The van der Waals surface area contributed by atoms with Gasteiger partial charge in [0.25, 0.3) is 0 Å². The number of rotatable bonds is 3. The van der Waals surface area contributed by atoms with E-state index < -0.39 is 0 Å². The number of amidine groups is 1. The predicted octanol–water partition coefficient (Wildman–Crippen LogP) is 3.46. The molecule has 0 saturated carbocycles. The third kappa shape index (κ3) is 2.25. The number of nitrogens with one attached hydrogen (secondary N) is 1. The van der Waals surface area contributed by atoms with Crippen molar-refractivity contribution in [3.63, 3.8) is 0 Å². The minimum Gasteiger partial charge on any atom is -0.510 e. The Morgan fingerprint density at radius 2 is 1.71 bits per heavy atom. The summed E-state index contributed by atoms with van der Waals surface area (Å²) in [4.78, 5) is 1.75. The number of anilines is 1. The van der Waals surface area contributed by atoms with Gasteiger partial charge in [-0.3, -0.25) is 5.41 Å². The first-order valence-electron chi connectivity index (χ1n) is 6.69. The quantitative estimate of drug-likeness (QED) is 0.905. The first-order chi connectivity index (χ1) is 10.2. The number of para-hydroxylation sites is 2. The summed E-state index contributed by atoms with van der Waals surface area (Å²) in [5, 5.41) is 18.7. The maximum Gasteiger partial charge on any atom is 0.142 e. The van der Waals surface area contributed by atoms with E-state index in [1.54, 1.807) is 12.0 Å². The van der Waals surface area contributed by atoms with Crippen molar-refractivity contribution >= 4 is 17.1 Å². The van der Waals surface area contributed by atoms with Crippen LogP contribution in [-0.4, -0.2) is 24.6 Å². The Morgan fingerprint density at radius 3 is 2.43 bits per heavy atom. The molecule has 2 N–H and O–H groups in total. The van der Waals surface area contributed by atoms with Gasteiger partial charge in [-0.2, -0.15) is 0 Å². The molecule has 4 nitrogen and oxygen atoms in total. The Morgan fingerprint density at radius 1 is 1.05 bits per heavy atom. The molecule has 1 aliphatic heterocycles. The highest BCUT2D eigenvalue weighted by molar-refractivity contribution is 6.31. The minimum absolute atomic E-state index is 0.206. The van der Waals surface area contributed by atoms with Gasteiger partial charge in [-0.1, -0.05) is 42.5 Å². The van der Waals surface area contributed by atoms with E-state index in [1.165, 1.54) is 0 Å². The van der Waals surface area contributed by atoms with Crippen LogP contribution in [-0.2, 0) is 0 Å². The van der Waals surface area contributed by atoms with E-state index >= 15 is 0 Å². The third-order valence-electron chi connectivity index (χ3n) is 3.54. The van der Waals surface area contributed by atoms with Crippen LogP contribution in [0.5, 0.6) is 5.75 Å². The predicted molar refractivity (Wildman–Crippen MR) is 84.1 cm³/mol. The van der Waals surface area contributed by atoms with Gasteiger partial charge in [0, 0.05) is 0 Å². The Balaban J connectivity index is 1.99. The van der Waals surface area contributed by atoms with Crippen molar-refractivity contribution in [2.75, 3.05) is 18.6 Å². The topological polar surface area (TPSA) is 56.6 Å². The SMILES string of the molecule is COc1ccccc1N1CC(O)=C(c2ccccc2)C1=N. The van der Waals surface area contributed by atoms with Gasteiger partial charge >= 0.3 is 0 Å². The molecule has 1 aliphatic rings. The average molecular weight is 280 g/mol. The molecule has 0 aliphatic carbocycles. The summed E-state index contributed by atoms with van der Waals surface area (Å²) in [6, 6.07) is 17.0. The molecule has 2 aromatic carbocycles. The summed E-state index contributed by atoms with van der Waals surface area (Å²) >= 11 is 0. The summed E-state index contributed by atoms with van der Waals surface area (Å²) in [7, 11) is 1.60. The first-order valence-corrected chi connectivity index (χ1v) is 6.69. The van der Waals surface area contributed by atoms with Crippen LogP contribution in [0.4, 0.5) is 5.69 Å². The number of ether oxygens (including phenoxy) is 1. The largest absolute Gasteiger partial charge is 0.510 e. The zero-order valence-corrected chi connectivity index (χ0v) is 11.7. The summed E-state index contributed by atoms with van der Waals surface area (Å²) in [5.74, 6) is 1.17. The van der Waals surface area contributed by atoms with Gasteiger partial charge in [0.05, 0.1) is 24.9 Å². The highest BCUT2D eigenvalue weighted by Crippen LogP contribution is 2.35. The third-order valence-corrected chi connectivity index (χ3v) is 3.54. The number of nitrogens with zero attached hydrogens (tertiary/aromatic N) is 1. The molecule has 0 atom stereocenters. The lowest BCUT2D eigenvalue weighted by atomic mass is 10.1. The van der Waals surface area contributed by atoms with Gasteiger partial charge in [0.15, 0.2) is 0 Å². The van der Waals surface area contributed by atoms with Crippen molar-refractivity contribution < 1.29 is 9.84 Å². The summed E-state index contributed by atoms with van der Waals surface area (Å²) in [5.41, 5.74) is 2.20.